The normalized spacial score (nSPS) is 16.0. The summed E-state index contributed by atoms with van der Waals surface area (Å²) < 4.78 is 10.8. The number of carbonyl (C=O) groups excluding carboxylic acids is 1. The highest BCUT2D eigenvalue weighted by molar-refractivity contribution is 6.09. The number of carbonyl (C=O) groups is 1. The van der Waals surface area contributed by atoms with Crippen LogP contribution in [0.5, 0.6) is 5.75 Å². The van der Waals surface area contributed by atoms with Gasteiger partial charge in [0.15, 0.2) is 11.5 Å². The monoisotopic (exact) mass is 286 g/mol. The summed E-state index contributed by atoms with van der Waals surface area (Å²) in [4.78, 5) is 13.9. The van der Waals surface area contributed by atoms with Crippen LogP contribution in [0.15, 0.2) is 46.8 Å². The van der Waals surface area contributed by atoms with Crippen molar-refractivity contribution in [2.45, 2.75) is 0 Å². The van der Waals surface area contributed by atoms with Crippen molar-refractivity contribution in [2.75, 3.05) is 23.8 Å². The Balaban J connectivity index is 2.05. The van der Waals surface area contributed by atoms with E-state index in [0.29, 0.717) is 22.9 Å². The highest BCUT2D eigenvalue weighted by Crippen LogP contribution is 2.37. The molecule has 3 N–H and O–H groups in total. The molecule has 6 nitrogen and oxygen atoms in total. The lowest BCUT2D eigenvalue weighted by atomic mass is 10.2. The number of nitrogens with two attached hydrogens (primary N) is 1. The first-order valence-electron chi connectivity index (χ1n) is 6.44. The second-order valence-corrected chi connectivity index (χ2v) is 4.53. The number of nitrogens with zero attached hydrogens (tertiary/aromatic N) is 1. The predicted octanol–water partition coefficient (Wildman–Crippen LogP) is 1.62. The SMILES string of the molecule is Nc1ccc2c(c1)O/C(=C/c1ccco1)C(=O)N2CCO. The number of aliphatic hydroxyl groups excluding tert-OH is 1. The van der Waals surface area contributed by atoms with E-state index in [1.165, 1.54) is 17.2 Å². The molecule has 6 heteroatoms. The summed E-state index contributed by atoms with van der Waals surface area (Å²) in [5, 5.41) is 9.16. The van der Waals surface area contributed by atoms with E-state index in [2.05, 4.69) is 0 Å². The summed E-state index contributed by atoms with van der Waals surface area (Å²) >= 11 is 0. The molecule has 0 saturated carbocycles. The molecule has 0 aliphatic carbocycles. The molecular weight excluding hydrogens is 272 g/mol. The Morgan fingerprint density at radius 1 is 1.33 bits per heavy atom. The van der Waals surface area contributed by atoms with Gasteiger partial charge in [0, 0.05) is 24.4 Å². The number of nitrogen functional groups attached to an aromatic ring is 1. The van der Waals surface area contributed by atoms with Crippen LogP contribution >= 0.6 is 0 Å². The summed E-state index contributed by atoms with van der Waals surface area (Å²) in [5.74, 6) is 0.768. The fourth-order valence-corrected chi connectivity index (χ4v) is 2.16. The van der Waals surface area contributed by atoms with Gasteiger partial charge in [0.25, 0.3) is 5.91 Å². The molecule has 2 aromatic rings. The second kappa shape index (κ2) is 5.34. The molecule has 108 valence electrons. The van der Waals surface area contributed by atoms with Crippen LogP contribution in [0.3, 0.4) is 0 Å². The van der Waals surface area contributed by atoms with Crippen LogP contribution in [0, 0.1) is 0 Å². The molecular formula is C15H14N2O4. The summed E-state index contributed by atoms with van der Waals surface area (Å²) in [6.45, 7) is 0.0260. The Labute approximate surface area is 121 Å². The van der Waals surface area contributed by atoms with Gasteiger partial charge in [-0.2, -0.15) is 0 Å². The van der Waals surface area contributed by atoms with Gasteiger partial charge in [-0.25, -0.2) is 0 Å². The van der Waals surface area contributed by atoms with Crippen molar-refractivity contribution in [1.82, 2.24) is 0 Å². The largest absolute Gasteiger partial charge is 0.465 e. The third kappa shape index (κ3) is 2.48. The van der Waals surface area contributed by atoms with Gasteiger partial charge in [-0.3, -0.25) is 9.69 Å². The van der Waals surface area contributed by atoms with Crippen LogP contribution in [-0.2, 0) is 4.79 Å². The topological polar surface area (TPSA) is 88.9 Å². The number of amides is 1. The predicted molar refractivity (Wildman–Crippen MR) is 77.6 cm³/mol. The lowest BCUT2D eigenvalue weighted by Gasteiger charge is -2.30. The van der Waals surface area contributed by atoms with Gasteiger partial charge in [0.1, 0.15) is 5.76 Å². The number of rotatable bonds is 3. The van der Waals surface area contributed by atoms with Crippen LogP contribution < -0.4 is 15.4 Å². The minimum atomic E-state index is -0.335. The van der Waals surface area contributed by atoms with Crippen molar-refractivity contribution < 1.29 is 19.1 Å². The first-order chi connectivity index (χ1) is 10.2. The Morgan fingerprint density at radius 2 is 2.19 bits per heavy atom. The number of fused-ring (bicyclic) bond motifs is 1. The van der Waals surface area contributed by atoms with E-state index in [0.717, 1.165) is 0 Å². The molecule has 1 aliphatic rings. The number of benzene rings is 1. The second-order valence-electron chi connectivity index (χ2n) is 4.53. The maximum atomic E-state index is 12.4. The number of aliphatic hydroxyl groups is 1. The van der Waals surface area contributed by atoms with Crippen LogP contribution in [0.1, 0.15) is 5.76 Å². The van der Waals surface area contributed by atoms with Gasteiger partial charge in [-0.1, -0.05) is 0 Å². The lowest BCUT2D eigenvalue weighted by Crippen LogP contribution is -2.39. The van der Waals surface area contributed by atoms with E-state index in [-0.39, 0.29) is 24.8 Å². The van der Waals surface area contributed by atoms with E-state index in [1.54, 1.807) is 30.3 Å². The molecule has 0 unspecified atom stereocenters. The molecule has 2 heterocycles. The van der Waals surface area contributed by atoms with E-state index in [4.69, 9.17) is 20.0 Å². The summed E-state index contributed by atoms with van der Waals surface area (Å²) in [6.07, 6.45) is 3.02. The minimum Gasteiger partial charge on any atom is -0.465 e. The molecule has 0 atom stereocenters. The molecule has 0 bridgehead atoms. The third-order valence-corrected chi connectivity index (χ3v) is 3.09. The fourth-order valence-electron chi connectivity index (χ4n) is 2.16. The molecule has 1 aliphatic heterocycles. The van der Waals surface area contributed by atoms with Crippen molar-refractivity contribution in [3.05, 3.63) is 48.1 Å². The maximum absolute atomic E-state index is 12.4. The number of anilines is 2. The Kier molecular flexibility index (Phi) is 3.37. The number of hydrogen-bond acceptors (Lipinski definition) is 5. The molecule has 3 rings (SSSR count). The maximum Gasteiger partial charge on any atom is 0.294 e. The molecule has 0 fully saturated rings. The van der Waals surface area contributed by atoms with Crippen molar-refractivity contribution in [3.63, 3.8) is 0 Å². The zero-order valence-electron chi connectivity index (χ0n) is 11.2. The summed E-state index contributed by atoms with van der Waals surface area (Å²) in [5.41, 5.74) is 6.86. The van der Waals surface area contributed by atoms with Gasteiger partial charge in [0.2, 0.25) is 0 Å². The zero-order chi connectivity index (χ0) is 14.8. The standard InChI is InChI=1S/C15H14N2O4/c16-10-3-4-12-13(8-10)21-14(9-11-2-1-7-20-11)15(19)17(12)5-6-18/h1-4,7-9,18H,5-6,16H2/b14-9+. The van der Waals surface area contributed by atoms with Crippen LogP contribution in [0.25, 0.3) is 6.08 Å². The van der Waals surface area contributed by atoms with Crippen molar-refractivity contribution in [1.29, 1.82) is 0 Å². The molecule has 0 radical (unpaired) electrons. The average Bonchev–Trinajstić information content (AvgIpc) is 2.96. The van der Waals surface area contributed by atoms with Crippen molar-refractivity contribution in [3.8, 4) is 5.75 Å². The first kappa shape index (κ1) is 13.3. The smallest absolute Gasteiger partial charge is 0.294 e. The molecule has 1 aromatic carbocycles. The minimum absolute atomic E-state index is 0.122. The van der Waals surface area contributed by atoms with E-state index < -0.39 is 0 Å². The Hall–Kier alpha value is -2.73. The summed E-state index contributed by atoms with van der Waals surface area (Å²) in [6, 6.07) is 8.46. The molecule has 1 aromatic heterocycles. The fraction of sp³-hybridized carbons (Fsp3) is 0.133. The van der Waals surface area contributed by atoms with E-state index in [9.17, 15) is 4.79 Å². The molecule has 0 spiro atoms. The number of hydrogen-bond donors (Lipinski definition) is 2. The Bertz CT molecular complexity index is 692. The van der Waals surface area contributed by atoms with Gasteiger partial charge >= 0.3 is 0 Å². The first-order valence-corrected chi connectivity index (χ1v) is 6.44. The van der Waals surface area contributed by atoms with Gasteiger partial charge in [-0.05, 0) is 24.3 Å². The van der Waals surface area contributed by atoms with Crippen molar-refractivity contribution in [2.24, 2.45) is 0 Å². The summed E-state index contributed by atoms with van der Waals surface area (Å²) in [7, 11) is 0. The molecule has 0 saturated heterocycles. The highest BCUT2D eigenvalue weighted by atomic mass is 16.5. The molecule has 21 heavy (non-hydrogen) atoms. The number of β-amino-alcohol motifs (C(OH)–C–C–N with tert-alkyl or cyclic N) is 1. The van der Waals surface area contributed by atoms with Gasteiger partial charge < -0.3 is 20.0 Å². The van der Waals surface area contributed by atoms with Gasteiger partial charge in [-0.15, -0.1) is 0 Å². The van der Waals surface area contributed by atoms with E-state index >= 15 is 0 Å². The lowest BCUT2D eigenvalue weighted by molar-refractivity contribution is -0.117. The molecule has 1 amide bonds. The average molecular weight is 286 g/mol. The van der Waals surface area contributed by atoms with Crippen LogP contribution in [-0.4, -0.2) is 24.2 Å². The van der Waals surface area contributed by atoms with Crippen molar-refractivity contribution >= 4 is 23.4 Å². The Morgan fingerprint density at radius 3 is 2.90 bits per heavy atom. The number of ether oxygens (including phenoxy) is 1. The van der Waals surface area contributed by atoms with Crippen LogP contribution in [0.4, 0.5) is 11.4 Å². The number of furan rings is 1. The highest BCUT2D eigenvalue weighted by Gasteiger charge is 2.30. The van der Waals surface area contributed by atoms with Gasteiger partial charge in [0.05, 0.1) is 18.6 Å². The quantitative estimate of drug-likeness (QED) is 0.661. The zero-order valence-corrected chi connectivity index (χ0v) is 11.2. The van der Waals surface area contributed by atoms with Crippen LogP contribution in [0.2, 0.25) is 0 Å². The van der Waals surface area contributed by atoms with E-state index in [1.807, 2.05) is 0 Å². The third-order valence-electron chi connectivity index (χ3n) is 3.09.